The van der Waals surface area contributed by atoms with Crippen molar-refractivity contribution in [1.29, 1.82) is 0 Å². The molecule has 0 saturated carbocycles. The molecule has 1 aliphatic heterocycles. The zero-order chi connectivity index (χ0) is 18.7. The lowest BCUT2D eigenvalue weighted by Crippen LogP contribution is -2.47. The largest absolute Gasteiger partial charge is 0.348 e. The monoisotopic (exact) mass is 358 g/mol. The molecule has 0 atom stereocenters. The average Bonchev–Trinajstić information content (AvgIpc) is 3.12. The van der Waals surface area contributed by atoms with Crippen LogP contribution in [0.1, 0.15) is 37.2 Å². The maximum atomic E-state index is 13.0. The molecule has 3 rings (SSSR count). The van der Waals surface area contributed by atoms with Crippen molar-refractivity contribution in [3.8, 4) is 11.3 Å². The summed E-state index contributed by atoms with van der Waals surface area (Å²) in [7, 11) is 0. The molecule has 138 valence electrons. The van der Waals surface area contributed by atoms with Crippen LogP contribution in [0.5, 0.6) is 0 Å². The predicted octanol–water partition coefficient (Wildman–Crippen LogP) is 2.59. The summed E-state index contributed by atoms with van der Waals surface area (Å²) in [5.74, 6) is -0.382. The number of H-pyrrole nitrogens is 1. The minimum absolute atomic E-state index is 0.00369. The van der Waals surface area contributed by atoms with Crippen LogP contribution in [-0.2, 0) is 4.79 Å². The zero-order valence-corrected chi connectivity index (χ0v) is 15.0. The highest BCUT2D eigenvalue weighted by Gasteiger charge is 2.25. The van der Waals surface area contributed by atoms with E-state index >= 15 is 0 Å². The number of carbonyl (C=O) groups is 2. The Hall–Kier alpha value is -2.70. The zero-order valence-electron chi connectivity index (χ0n) is 15.0. The van der Waals surface area contributed by atoms with Crippen molar-refractivity contribution in [2.75, 3.05) is 13.1 Å². The highest BCUT2D eigenvalue weighted by atomic mass is 19.1. The number of nitrogens with zero attached hydrogens (tertiary/aromatic N) is 2. The highest BCUT2D eigenvalue weighted by Crippen LogP contribution is 2.19. The summed E-state index contributed by atoms with van der Waals surface area (Å²) in [6.07, 6.45) is 1.48. The molecular weight excluding hydrogens is 335 g/mol. The summed E-state index contributed by atoms with van der Waals surface area (Å²) < 4.78 is 13.0. The van der Waals surface area contributed by atoms with Gasteiger partial charge in [0.2, 0.25) is 5.91 Å². The molecule has 6 nitrogen and oxygen atoms in total. The van der Waals surface area contributed by atoms with Crippen molar-refractivity contribution in [2.24, 2.45) is 5.92 Å². The van der Waals surface area contributed by atoms with Crippen molar-refractivity contribution in [3.63, 3.8) is 0 Å². The topological polar surface area (TPSA) is 78.1 Å². The van der Waals surface area contributed by atoms with E-state index in [1.807, 2.05) is 18.7 Å². The number of nitrogens with one attached hydrogen (secondary N) is 2. The van der Waals surface area contributed by atoms with Crippen molar-refractivity contribution in [1.82, 2.24) is 20.4 Å². The molecule has 2 N–H and O–H groups in total. The lowest BCUT2D eigenvalue weighted by atomic mass is 10.0. The normalized spacial score (nSPS) is 15.3. The summed E-state index contributed by atoms with van der Waals surface area (Å²) >= 11 is 0. The first-order chi connectivity index (χ1) is 12.4. The van der Waals surface area contributed by atoms with E-state index in [1.165, 1.54) is 12.1 Å². The molecule has 0 aliphatic carbocycles. The van der Waals surface area contributed by atoms with Crippen molar-refractivity contribution in [3.05, 3.63) is 41.8 Å². The molecule has 2 heterocycles. The van der Waals surface area contributed by atoms with Gasteiger partial charge >= 0.3 is 0 Å². The van der Waals surface area contributed by atoms with Gasteiger partial charge in [-0.3, -0.25) is 14.7 Å². The molecule has 1 saturated heterocycles. The second-order valence-electron chi connectivity index (χ2n) is 6.90. The van der Waals surface area contributed by atoms with Gasteiger partial charge < -0.3 is 10.2 Å². The van der Waals surface area contributed by atoms with Gasteiger partial charge in [-0.25, -0.2) is 4.39 Å². The number of hydrogen-bond donors (Lipinski definition) is 2. The van der Waals surface area contributed by atoms with Crippen LogP contribution in [0.15, 0.2) is 30.3 Å². The minimum atomic E-state index is -0.315. The minimum Gasteiger partial charge on any atom is -0.348 e. The fraction of sp³-hybridized carbons (Fsp3) is 0.421. The van der Waals surface area contributed by atoms with Gasteiger partial charge in [-0.1, -0.05) is 13.8 Å². The molecule has 2 amide bonds. The van der Waals surface area contributed by atoms with Crippen LogP contribution in [0.25, 0.3) is 11.3 Å². The van der Waals surface area contributed by atoms with Gasteiger partial charge in [0.25, 0.3) is 5.91 Å². The standard InChI is InChI=1S/C19H23FN4O2/c1-12(2)19(26)24-9-7-15(8-10-24)21-18(25)17-11-16(22-23-17)13-3-5-14(20)6-4-13/h3-6,11-12,15H,7-10H2,1-2H3,(H,21,25)(H,22,23). The molecule has 2 aromatic rings. The summed E-state index contributed by atoms with van der Waals surface area (Å²) in [6.45, 7) is 5.11. The number of amides is 2. The number of carbonyl (C=O) groups excluding carboxylic acids is 2. The van der Waals surface area contributed by atoms with Gasteiger partial charge in [-0.15, -0.1) is 0 Å². The van der Waals surface area contributed by atoms with E-state index in [2.05, 4.69) is 15.5 Å². The van der Waals surface area contributed by atoms with Crippen molar-refractivity contribution in [2.45, 2.75) is 32.7 Å². The third-order valence-corrected chi connectivity index (χ3v) is 4.60. The lowest BCUT2D eigenvalue weighted by Gasteiger charge is -2.33. The number of halogens is 1. The maximum Gasteiger partial charge on any atom is 0.269 e. The Morgan fingerprint density at radius 1 is 1.23 bits per heavy atom. The van der Waals surface area contributed by atoms with E-state index in [0.29, 0.717) is 24.5 Å². The molecule has 1 aromatic heterocycles. The lowest BCUT2D eigenvalue weighted by molar-refractivity contribution is -0.135. The van der Waals surface area contributed by atoms with Gasteiger partial charge in [0.1, 0.15) is 11.5 Å². The number of benzene rings is 1. The molecule has 0 bridgehead atoms. The molecule has 7 heteroatoms. The molecule has 26 heavy (non-hydrogen) atoms. The predicted molar refractivity (Wildman–Crippen MR) is 95.9 cm³/mol. The molecule has 1 aliphatic rings. The number of likely N-dealkylation sites (tertiary alicyclic amines) is 1. The molecule has 1 aromatic carbocycles. The SMILES string of the molecule is CC(C)C(=O)N1CCC(NC(=O)c2cc(-c3ccc(F)cc3)n[nH]2)CC1. The fourth-order valence-corrected chi connectivity index (χ4v) is 3.08. The van der Waals surface area contributed by atoms with Crippen LogP contribution < -0.4 is 5.32 Å². The first-order valence-corrected chi connectivity index (χ1v) is 8.85. The molecular formula is C19H23FN4O2. The van der Waals surface area contributed by atoms with E-state index in [0.717, 1.165) is 18.4 Å². The average molecular weight is 358 g/mol. The van der Waals surface area contributed by atoms with Crippen LogP contribution >= 0.6 is 0 Å². The van der Waals surface area contributed by atoms with Gasteiger partial charge in [-0.05, 0) is 43.2 Å². The van der Waals surface area contributed by atoms with E-state index in [-0.39, 0.29) is 29.6 Å². The molecule has 1 fully saturated rings. The van der Waals surface area contributed by atoms with Crippen molar-refractivity contribution >= 4 is 11.8 Å². The highest BCUT2D eigenvalue weighted by molar-refractivity contribution is 5.93. The van der Waals surface area contributed by atoms with E-state index in [9.17, 15) is 14.0 Å². The Balaban J connectivity index is 1.56. The quantitative estimate of drug-likeness (QED) is 0.882. The van der Waals surface area contributed by atoms with Crippen LogP contribution in [-0.4, -0.2) is 46.0 Å². The smallest absolute Gasteiger partial charge is 0.269 e. The maximum absolute atomic E-state index is 13.0. The number of piperidine rings is 1. The van der Waals surface area contributed by atoms with Gasteiger partial charge in [0.05, 0.1) is 5.69 Å². The fourth-order valence-electron chi connectivity index (χ4n) is 3.08. The summed E-state index contributed by atoms with van der Waals surface area (Å²) in [6, 6.07) is 7.64. The van der Waals surface area contributed by atoms with Crippen LogP contribution in [0.2, 0.25) is 0 Å². The van der Waals surface area contributed by atoms with E-state index in [1.54, 1.807) is 18.2 Å². The first kappa shape index (κ1) is 18.1. The van der Waals surface area contributed by atoms with E-state index in [4.69, 9.17) is 0 Å². The third kappa shape index (κ3) is 4.09. The Bertz CT molecular complexity index is 777. The van der Waals surface area contributed by atoms with Crippen LogP contribution in [0.3, 0.4) is 0 Å². The summed E-state index contributed by atoms with van der Waals surface area (Å²) in [4.78, 5) is 26.3. The Kier molecular flexibility index (Phi) is 5.35. The Labute approximate surface area is 151 Å². The number of rotatable bonds is 4. The Morgan fingerprint density at radius 2 is 1.88 bits per heavy atom. The summed E-state index contributed by atoms with van der Waals surface area (Å²) in [5, 5.41) is 9.84. The van der Waals surface area contributed by atoms with Crippen LogP contribution in [0, 0.1) is 11.7 Å². The van der Waals surface area contributed by atoms with E-state index < -0.39 is 0 Å². The molecule has 0 unspecified atom stereocenters. The first-order valence-electron chi connectivity index (χ1n) is 8.85. The third-order valence-electron chi connectivity index (χ3n) is 4.60. The number of aromatic amines is 1. The Morgan fingerprint density at radius 3 is 2.50 bits per heavy atom. The molecule has 0 radical (unpaired) electrons. The van der Waals surface area contributed by atoms with Crippen LogP contribution in [0.4, 0.5) is 4.39 Å². The second-order valence-corrected chi connectivity index (χ2v) is 6.90. The molecule has 0 spiro atoms. The number of aromatic nitrogens is 2. The van der Waals surface area contributed by atoms with Gasteiger partial charge in [0, 0.05) is 30.6 Å². The number of hydrogen-bond acceptors (Lipinski definition) is 3. The summed E-state index contributed by atoms with van der Waals surface area (Å²) in [5.41, 5.74) is 1.69. The van der Waals surface area contributed by atoms with Gasteiger partial charge in [0.15, 0.2) is 0 Å². The van der Waals surface area contributed by atoms with Gasteiger partial charge in [-0.2, -0.15) is 5.10 Å². The second kappa shape index (κ2) is 7.68. The van der Waals surface area contributed by atoms with Crippen molar-refractivity contribution < 1.29 is 14.0 Å².